The third kappa shape index (κ3) is 2.86. The summed E-state index contributed by atoms with van der Waals surface area (Å²) in [7, 11) is -0.565. The number of fused-ring (bicyclic) bond motifs is 3. The number of nitrogens with one attached hydrogen (secondary N) is 1. The van der Waals surface area contributed by atoms with Gasteiger partial charge in [0.25, 0.3) is 0 Å². The molecule has 1 N–H and O–H groups in total. The first-order valence-corrected chi connectivity index (χ1v) is 11.2. The average Bonchev–Trinajstić information content (AvgIpc) is 2.92. The number of carbonyl (C=O) groups excluding carboxylic acids is 1. The lowest BCUT2D eigenvalue weighted by molar-refractivity contribution is -0.116. The van der Waals surface area contributed by atoms with Crippen LogP contribution in [0.25, 0.3) is 0 Å². The predicted molar refractivity (Wildman–Crippen MR) is 120 cm³/mol. The molecule has 0 spiro atoms. The first-order valence-electron chi connectivity index (χ1n) is 9.83. The summed E-state index contributed by atoms with van der Waals surface area (Å²) >= 11 is 0. The Balaban J connectivity index is 1.55. The monoisotopic (exact) mass is 435 g/mol. The Kier molecular flexibility index (Phi) is 4.23. The van der Waals surface area contributed by atoms with Crippen LogP contribution >= 0.6 is 0 Å². The summed E-state index contributed by atoms with van der Waals surface area (Å²) in [4.78, 5) is 13.5. The topological polar surface area (TPSA) is 79.0 Å². The van der Waals surface area contributed by atoms with Crippen molar-refractivity contribution >= 4 is 33.2 Å². The van der Waals surface area contributed by atoms with E-state index in [2.05, 4.69) is 5.32 Å². The van der Waals surface area contributed by atoms with Crippen LogP contribution in [0.15, 0.2) is 60.7 Å². The minimum absolute atomic E-state index is 0.205. The van der Waals surface area contributed by atoms with E-state index in [0.29, 0.717) is 28.6 Å². The van der Waals surface area contributed by atoms with Gasteiger partial charge in [-0.2, -0.15) is 8.42 Å². The maximum absolute atomic E-state index is 13.5. The number of rotatable bonds is 2. The first-order chi connectivity index (χ1) is 14.8. The highest BCUT2D eigenvalue weighted by molar-refractivity contribution is 7.94. The van der Waals surface area contributed by atoms with Gasteiger partial charge in [-0.3, -0.25) is 13.4 Å². The van der Waals surface area contributed by atoms with Crippen LogP contribution in [0.3, 0.4) is 0 Å². The highest BCUT2D eigenvalue weighted by atomic mass is 32.2. The molecule has 7 nitrogen and oxygen atoms in total. The second-order valence-corrected chi connectivity index (χ2v) is 9.69. The molecule has 0 bridgehead atoms. The van der Waals surface area contributed by atoms with Crippen molar-refractivity contribution in [2.24, 2.45) is 0 Å². The van der Waals surface area contributed by atoms with Crippen LogP contribution in [0.1, 0.15) is 22.6 Å². The van der Waals surface area contributed by atoms with Gasteiger partial charge < -0.3 is 10.1 Å². The molecule has 31 heavy (non-hydrogen) atoms. The Morgan fingerprint density at radius 3 is 2.00 bits per heavy atom. The zero-order valence-electron chi connectivity index (χ0n) is 17.3. The molecule has 0 unspecified atom stereocenters. The zero-order chi connectivity index (χ0) is 21.9. The zero-order valence-corrected chi connectivity index (χ0v) is 18.1. The lowest BCUT2D eigenvalue weighted by Gasteiger charge is -2.27. The Labute approximate surface area is 181 Å². The highest BCUT2D eigenvalue weighted by Gasteiger charge is 2.37. The van der Waals surface area contributed by atoms with Gasteiger partial charge in [-0.25, -0.2) is 0 Å². The molecule has 0 fully saturated rings. The van der Waals surface area contributed by atoms with E-state index in [1.807, 2.05) is 55.5 Å². The number of aryl methyl sites for hydroxylation is 1. The van der Waals surface area contributed by atoms with E-state index >= 15 is 0 Å². The van der Waals surface area contributed by atoms with Crippen LogP contribution in [0, 0.1) is 6.92 Å². The number of carbonyl (C=O) groups is 1. The predicted octanol–water partition coefficient (Wildman–Crippen LogP) is 4.00. The molecule has 0 radical (unpaired) electrons. The van der Waals surface area contributed by atoms with Crippen molar-refractivity contribution < 1.29 is 17.9 Å². The van der Waals surface area contributed by atoms with E-state index in [4.69, 9.17) is 4.74 Å². The van der Waals surface area contributed by atoms with Crippen LogP contribution in [0.2, 0.25) is 0 Å². The molecule has 1 amide bonds. The summed E-state index contributed by atoms with van der Waals surface area (Å²) in [5.41, 5.74) is 4.03. The molecule has 8 heteroatoms. The number of hydrogen-bond donors (Lipinski definition) is 1. The number of ether oxygens (including phenoxy) is 1. The third-order valence-electron chi connectivity index (χ3n) is 5.89. The average molecular weight is 436 g/mol. The number of para-hydroxylation sites is 2. The fourth-order valence-electron chi connectivity index (χ4n) is 4.15. The summed E-state index contributed by atoms with van der Waals surface area (Å²) in [6.07, 6.45) is 0. The lowest BCUT2D eigenvalue weighted by atomic mass is 9.87. The van der Waals surface area contributed by atoms with Gasteiger partial charge in [0.15, 0.2) is 0 Å². The van der Waals surface area contributed by atoms with Gasteiger partial charge in [0.2, 0.25) is 5.91 Å². The molecule has 0 saturated carbocycles. The van der Waals surface area contributed by atoms with Crippen LogP contribution in [-0.4, -0.2) is 28.4 Å². The fourth-order valence-corrected chi connectivity index (χ4v) is 5.31. The number of nitrogens with zero attached hydrogens (tertiary/aromatic N) is 2. The highest BCUT2D eigenvalue weighted by Crippen LogP contribution is 2.45. The van der Waals surface area contributed by atoms with E-state index in [0.717, 1.165) is 16.7 Å². The van der Waals surface area contributed by atoms with Crippen molar-refractivity contribution in [2.45, 2.75) is 12.8 Å². The van der Waals surface area contributed by atoms with Crippen LogP contribution in [0.5, 0.6) is 11.5 Å². The minimum Gasteiger partial charge on any atom is -0.457 e. The summed E-state index contributed by atoms with van der Waals surface area (Å²) in [6, 6.07) is 18.5. The number of benzene rings is 3. The van der Waals surface area contributed by atoms with E-state index < -0.39 is 16.1 Å². The van der Waals surface area contributed by atoms with Gasteiger partial charge in [0.1, 0.15) is 11.5 Å². The summed E-state index contributed by atoms with van der Waals surface area (Å²) < 4.78 is 33.4. The van der Waals surface area contributed by atoms with Gasteiger partial charge >= 0.3 is 10.2 Å². The molecular weight excluding hydrogens is 414 g/mol. The van der Waals surface area contributed by atoms with Crippen molar-refractivity contribution in [1.82, 2.24) is 0 Å². The number of anilines is 3. The maximum atomic E-state index is 13.5. The Bertz CT molecular complexity index is 1290. The SMILES string of the molecule is Cc1cc2c(cc1NC(=O)C1c3ccccc3Oc3ccccc31)N(C)S(=O)(=O)N2C. The third-order valence-corrected chi connectivity index (χ3v) is 7.67. The van der Waals surface area contributed by atoms with Crippen LogP contribution in [0.4, 0.5) is 17.1 Å². The summed E-state index contributed by atoms with van der Waals surface area (Å²) in [6.45, 7) is 1.85. The smallest absolute Gasteiger partial charge is 0.326 e. The Morgan fingerprint density at radius 1 is 0.903 bits per heavy atom. The van der Waals surface area contributed by atoms with E-state index in [-0.39, 0.29) is 5.91 Å². The van der Waals surface area contributed by atoms with E-state index in [1.54, 1.807) is 12.1 Å². The van der Waals surface area contributed by atoms with Crippen molar-refractivity contribution in [1.29, 1.82) is 0 Å². The first kappa shape index (κ1) is 19.4. The molecule has 0 saturated heterocycles. The van der Waals surface area contributed by atoms with E-state index in [9.17, 15) is 13.2 Å². The fraction of sp³-hybridized carbons (Fsp3) is 0.174. The minimum atomic E-state index is -3.59. The molecule has 158 valence electrons. The largest absolute Gasteiger partial charge is 0.457 e. The van der Waals surface area contributed by atoms with E-state index in [1.165, 1.54) is 22.7 Å². The van der Waals surface area contributed by atoms with Gasteiger partial charge in [0.05, 0.1) is 17.3 Å². The molecule has 2 aliphatic heterocycles. The molecule has 0 atom stereocenters. The molecule has 0 aliphatic carbocycles. The molecule has 3 aromatic carbocycles. The van der Waals surface area contributed by atoms with Gasteiger partial charge in [-0.05, 0) is 36.8 Å². The Morgan fingerprint density at radius 2 is 1.42 bits per heavy atom. The Hall–Kier alpha value is -3.52. The second kappa shape index (κ2) is 6.75. The van der Waals surface area contributed by atoms with Gasteiger partial charge in [0, 0.05) is 30.9 Å². The van der Waals surface area contributed by atoms with Crippen LogP contribution < -0.4 is 18.7 Å². The number of amides is 1. The second-order valence-electron chi connectivity index (χ2n) is 7.70. The summed E-state index contributed by atoms with van der Waals surface area (Å²) in [5.74, 6) is 0.556. The van der Waals surface area contributed by atoms with Crippen molar-refractivity contribution in [3.8, 4) is 11.5 Å². The van der Waals surface area contributed by atoms with Gasteiger partial charge in [-0.1, -0.05) is 36.4 Å². The summed E-state index contributed by atoms with van der Waals surface area (Å²) in [5, 5.41) is 3.02. The maximum Gasteiger partial charge on any atom is 0.326 e. The molecule has 0 aromatic heterocycles. The molecule has 5 rings (SSSR count). The van der Waals surface area contributed by atoms with Crippen LogP contribution in [-0.2, 0) is 15.0 Å². The quantitative estimate of drug-likeness (QED) is 0.660. The molecule has 2 aliphatic rings. The number of hydrogen-bond acceptors (Lipinski definition) is 4. The lowest BCUT2D eigenvalue weighted by Crippen LogP contribution is -2.32. The van der Waals surface area contributed by atoms with Crippen molar-refractivity contribution in [3.63, 3.8) is 0 Å². The van der Waals surface area contributed by atoms with Crippen molar-refractivity contribution in [3.05, 3.63) is 77.4 Å². The molecular formula is C23H21N3O4S. The normalized spacial score (nSPS) is 16.2. The molecule has 2 heterocycles. The van der Waals surface area contributed by atoms with Crippen molar-refractivity contribution in [2.75, 3.05) is 28.0 Å². The molecule has 3 aromatic rings. The van der Waals surface area contributed by atoms with Gasteiger partial charge in [-0.15, -0.1) is 0 Å². The standard InChI is InChI=1S/C23H21N3O4S/c1-14-12-18-19(26(3)31(28,29)25(18)2)13-17(14)24-23(27)22-15-8-4-6-10-20(15)30-21-11-7-5-9-16(21)22/h4-13,22H,1-3H3,(H,24,27).